The number of ether oxygens (including phenoxy) is 1. The monoisotopic (exact) mass is 265 g/mol. The molecule has 3 heterocycles. The SMILES string of the molecule is O=C(O)COc1cc2n(c1)C1NCCC(=O)C1NC2. The van der Waals surface area contributed by atoms with Crippen LogP contribution in [0.4, 0.5) is 0 Å². The molecule has 0 amide bonds. The van der Waals surface area contributed by atoms with Gasteiger partial charge in [0.25, 0.3) is 0 Å². The molecular formula is C12H15N3O4. The highest BCUT2D eigenvalue weighted by Gasteiger charge is 2.36. The number of rotatable bonds is 3. The quantitative estimate of drug-likeness (QED) is 0.681. The largest absolute Gasteiger partial charge is 0.480 e. The Kier molecular flexibility index (Phi) is 3.00. The third-order valence-corrected chi connectivity index (χ3v) is 3.46. The molecular weight excluding hydrogens is 250 g/mol. The van der Waals surface area contributed by atoms with Crippen LogP contribution >= 0.6 is 0 Å². The lowest BCUT2D eigenvalue weighted by Crippen LogP contribution is -2.56. The number of aromatic nitrogens is 1. The minimum atomic E-state index is -1.01. The molecule has 2 atom stereocenters. The third-order valence-electron chi connectivity index (χ3n) is 3.46. The van der Waals surface area contributed by atoms with Gasteiger partial charge in [-0.2, -0.15) is 0 Å². The van der Waals surface area contributed by atoms with E-state index in [1.807, 2.05) is 4.57 Å². The highest BCUT2D eigenvalue weighted by molar-refractivity contribution is 5.85. The zero-order chi connectivity index (χ0) is 13.4. The summed E-state index contributed by atoms with van der Waals surface area (Å²) < 4.78 is 7.12. The first-order chi connectivity index (χ1) is 9.15. The second kappa shape index (κ2) is 4.67. The molecule has 0 bridgehead atoms. The fraction of sp³-hybridized carbons (Fsp3) is 0.500. The van der Waals surface area contributed by atoms with Crippen LogP contribution in [-0.2, 0) is 16.1 Å². The highest BCUT2D eigenvalue weighted by atomic mass is 16.5. The van der Waals surface area contributed by atoms with E-state index in [2.05, 4.69) is 10.6 Å². The number of carbonyl (C=O) groups excluding carboxylic acids is 1. The molecule has 2 unspecified atom stereocenters. The van der Waals surface area contributed by atoms with E-state index in [-0.39, 0.29) is 24.6 Å². The van der Waals surface area contributed by atoms with Crippen molar-refractivity contribution in [3.8, 4) is 5.75 Å². The van der Waals surface area contributed by atoms with Gasteiger partial charge in [0.2, 0.25) is 0 Å². The van der Waals surface area contributed by atoms with Crippen molar-refractivity contribution in [1.29, 1.82) is 0 Å². The summed E-state index contributed by atoms with van der Waals surface area (Å²) >= 11 is 0. The van der Waals surface area contributed by atoms with E-state index in [0.29, 0.717) is 25.3 Å². The normalized spacial score (nSPS) is 25.6. The predicted molar refractivity (Wildman–Crippen MR) is 64.9 cm³/mol. The molecule has 7 heteroatoms. The summed E-state index contributed by atoms with van der Waals surface area (Å²) in [7, 11) is 0. The molecule has 1 saturated heterocycles. The van der Waals surface area contributed by atoms with Crippen molar-refractivity contribution in [3.05, 3.63) is 18.0 Å². The Morgan fingerprint density at radius 1 is 1.53 bits per heavy atom. The van der Waals surface area contributed by atoms with Crippen molar-refractivity contribution in [2.24, 2.45) is 0 Å². The van der Waals surface area contributed by atoms with E-state index in [1.165, 1.54) is 0 Å². The number of carboxylic acid groups (broad SMARTS) is 1. The number of hydrogen-bond donors (Lipinski definition) is 3. The van der Waals surface area contributed by atoms with Crippen LogP contribution in [0, 0.1) is 0 Å². The van der Waals surface area contributed by atoms with Gasteiger partial charge in [0.1, 0.15) is 18.0 Å². The molecule has 3 N–H and O–H groups in total. The minimum absolute atomic E-state index is 0.118. The van der Waals surface area contributed by atoms with E-state index in [0.717, 1.165) is 5.69 Å². The Hall–Kier alpha value is -1.86. The first-order valence-electron chi connectivity index (χ1n) is 6.20. The second-order valence-electron chi connectivity index (χ2n) is 4.73. The van der Waals surface area contributed by atoms with Gasteiger partial charge in [0, 0.05) is 37.5 Å². The maximum atomic E-state index is 11.8. The van der Waals surface area contributed by atoms with Gasteiger partial charge in [-0.15, -0.1) is 0 Å². The van der Waals surface area contributed by atoms with Crippen molar-refractivity contribution in [3.63, 3.8) is 0 Å². The molecule has 7 nitrogen and oxygen atoms in total. The minimum Gasteiger partial charge on any atom is -0.480 e. The smallest absolute Gasteiger partial charge is 0.341 e. The van der Waals surface area contributed by atoms with Crippen LogP contribution in [0.15, 0.2) is 12.3 Å². The van der Waals surface area contributed by atoms with Crippen LogP contribution in [0.1, 0.15) is 18.3 Å². The van der Waals surface area contributed by atoms with Crippen molar-refractivity contribution < 1.29 is 19.4 Å². The summed E-state index contributed by atoms with van der Waals surface area (Å²) in [5, 5.41) is 15.1. The van der Waals surface area contributed by atoms with Gasteiger partial charge >= 0.3 is 5.97 Å². The highest BCUT2D eigenvalue weighted by Crippen LogP contribution is 2.27. The van der Waals surface area contributed by atoms with Gasteiger partial charge in [0.05, 0.1) is 0 Å². The number of carbonyl (C=O) groups is 2. The second-order valence-corrected chi connectivity index (χ2v) is 4.73. The Balaban J connectivity index is 1.82. The Bertz CT molecular complexity index is 525. The van der Waals surface area contributed by atoms with Gasteiger partial charge in [-0.25, -0.2) is 4.79 Å². The molecule has 2 aliphatic rings. The summed E-state index contributed by atoms with van der Waals surface area (Å²) in [6.45, 7) is 0.868. The number of nitrogens with one attached hydrogen (secondary N) is 2. The van der Waals surface area contributed by atoms with E-state index >= 15 is 0 Å². The summed E-state index contributed by atoms with van der Waals surface area (Å²) in [5.74, 6) is -0.290. The summed E-state index contributed by atoms with van der Waals surface area (Å²) in [5.41, 5.74) is 0.976. The zero-order valence-corrected chi connectivity index (χ0v) is 10.3. The molecule has 0 aromatic carbocycles. The van der Waals surface area contributed by atoms with Crippen molar-refractivity contribution in [2.45, 2.75) is 25.2 Å². The number of aliphatic carboxylic acids is 1. The first-order valence-corrected chi connectivity index (χ1v) is 6.20. The van der Waals surface area contributed by atoms with Crippen molar-refractivity contribution >= 4 is 11.8 Å². The molecule has 1 aromatic rings. The summed E-state index contributed by atoms with van der Waals surface area (Å²) in [4.78, 5) is 22.3. The maximum absolute atomic E-state index is 11.8. The number of hydrogen-bond acceptors (Lipinski definition) is 5. The average Bonchev–Trinajstić information content (AvgIpc) is 2.80. The standard InChI is InChI=1S/C12H15N3O4/c16-9-1-2-13-12-11(9)14-4-7-3-8(5-15(7)12)19-6-10(17)18/h3,5,11-14H,1-2,4,6H2,(H,17,18). The lowest BCUT2D eigenvalue weighted by atomic mass is 10.0. The number of fused-ring (bicyclic) bond motifs is 3. The van der Waals surface area contributed by atoms with Gasteiger partial charge < -0.3 is 14.4 Å². The molecule has 3 rings (SSSR count). The molecule has 0 spiro atoms. The van der Waals surface area contributed by atoms with Gasteiger partial charge in [-0.3, -0.25) is 15.4 Å². The maximum Gasteiger partial charge on any atom is 0.341 e. The number of nitrogens with zero attached hydrogens (tertiary/aromatic N) is 1. The number of carboxylic acids is 1. The third kappa shape index (κ3) is 2.22. The van der Waals surface area contributed by atoms with E-state index in [9.17, 15) is 9.59 Å². The van der Waals surface area contributed by atoms with E-state index in [1.54, 1.807) is 12.3 Å². The summed E-state index contributed by atoms with van der Waals surface area (Å²) in [6, 6.07) is 1.58. The lowest BCUT2D eigenvalue weighted by Gasteiger charge is -2.37. The molecule has 19 heavy (non-hydrogen) atoms. The van der Waals surface area contributed by atoms with Crippen molar-refractivity contribution in [2.75, 3.05) is 13.2 Å². The lowest BCUT2D eigenvalue weighted by molar-refractivity contribution is -0.139. The van der Waals surface area contributed by atoms with Gasteiger partial charge in [0.15, 0.2) is 12.4 Å². The topological polar surface area (TPSA) is 92.6 Å². The molecule has 1 aromatic heterocycles. The molecule has 2 aliphatic heterocycles. The number of Topliss-reactive ketones (excluding diaryl/α,β-unsaturated/α-hetero) is 1. The van der Waals surface area contributed by atoms with Crippen LogP contribution in [0.5, 0.6) is 5.75 Å². The number of ketones is 1. The zero-order valence-electron chi connectivity index (χ0n) is 10.3. The summed E-state index contributed by atoms with van der Waals surface area (Å²) in [6.07, 6.45) is 2.17. The number of piperidine rings is 1. The van der Waals surface area contributed by atoms with Crippen LogP contribution in [0.2, 0.25) is 0 Å². The van der Waals surface area contributed by atoms with Crippen LogP contribution in [0.3, 0.4) is 0 Å². The predicted octanol–water partition coefficient (Wildman–Crippen LogP) is -0.516. The molecule has 0 radical (unpaired) electrons. The fourth-order valence-electron chi connectivity index (χ4n) is 2.61. The molecule has 102 valence electrons. The van der Waals surface area contributed by atoms with E-state index < -0.39 is 5.97 Å². The van der Waals surface area contributed by atoms with Crippen LogP contribution in [0.25, 0.3) is 0 Å². The van der Waals surface area contributed by atoms with Crippen LogP contribution < -0.4 is 15.4 Å². The first kappa shape index (κ1) is 12.2. The van der Waals surface area contributed by atoms with Gasteiger partial charge in [-0.1, -0.05) is 0 Å². The average molecular weight is 265 g/mol. The van der Waals surface area contributed by atoms with Crippen LogP contribution in [-0.4, -0.2) is 40.6 Å². The molecule has 0 saturated carbocycles. The fourth-order valence-corrected chi connectivity index (χ4v) is 2.61. The Morgan fingerprint density at radius 3 is 3.16 bits per heavy atom. The molecule has 0 aliphatic carbocycles. The Morgan fingerprint density at radius 2 is 2.37 bits per heavy atom. The Labute approximate surface area is 109 Å². The van der Waals surface area contributed by atoms with E-state index in [4.69, 9.17) is 9.84 Å². The van der Waals surface area contributed by atoms with Gasteiger partial charge in [-0.05, 0) is 0 Å². The molecule has 1 fully saturated rings. The van der Waals surface area contributed by atoms with Crippen molar-refractivity contribution in [1.82, 2.24) is 15.2 Å².